The molecule has 2 aromatic heterocycles. The van der Waals surface area contributed by atoms with Crippen LogP contribution in [0.25, 0.3) is 0 Å². The zero-order chi connectivity index (χ0) is 18.7. The van der Waals surface area contributed by atoms with Crippen molar-refractivity contribution in [2.24, 2.45) is 0 Å². The molecule has 4 heterocycles. The summed E-state index contributed by atoms with van der Waals surface area (Å²) >= 11 is 0. The van der Waals surface area contributed by atoms with Crippen molar-refractivity contribution in [3.63, 3.8) is 0 Å². The molecular formula is C17H22N6O3S. The fraction of sp³-hybridized carbons (Fsp3) is 0.471. The summed E-state index contributed by atoms with van der Waals surface area (Å²) in [5.74, 6) is 1.52. The molecule has 144 valence electrons. The lowest BCUT2D eigenvalue weighted by molar-refractivity contribution is 0.0730. The Morgan fingerprint density at radius 3 is 2.15 bits per heavy atom. The molecule has 0 unspecified atom stereocenters. The molecule has 0 spiro atoms. The van der Waals surface area contributed by atoms with E-state index in [9.17, 15) is 8.42 Å². The van der Waals surface area contributed by atoms with E-state index >= 15 is 0 Å². The van der Waals surface area contributed by atoms with Crippen molar-refractivity contribution >= 4 is 21.8 Å². The highest BCUT2D eigenvalue weighted by atomic mass is 32.2. The summed E-state index contributed by atoms with van der Waals surface area (Å²) in [4.78, 5) is 17.5. The standard InChI is InChI=1S/C17H22N6O3S/c24-27(25,23-10-12-26-13-11-23)15-2-3-16(20-14-15)21-6-8-22(9-7-21)17-18-4-1-5-19-17/h1-5,14H,6-13H2. The molecule has 0 amide bonds. The van der Waals surface area contributed by atoms with Crippen LogP contribution >= 0.6 is 0 Å². The Labute approximate surface area is 158 Å². The third-order valence-electron chi connectivity index (χ3n) is 4.77. The molecule has 0 atom stereocenters. The topological polar surface area (TPSA) is 91.8 Å². The van der Waals surface area contributed by atoms with Gasteiger partial charge in [-0.3, -0.25) is 0 Å². The number of sulfonamides is 1. The smallest absolute Gasteiger partial charge is 0.244 e. The average Bonchev–Trinajstić information content (AvgIpc) is 2.75. The largest absolute Gasteiger partial charge is 0.379 e. The Kier molecular flexibility index (Phi) is 5.19. The zero-order valence-corrected chi connectivity index (χ0v) is 15.8. The van der Waals surface area contributed by atoms with Crippen molar-refractivity contribution in [3.05, 3.63) is 36.8 Å². The first-order valence-corrected chi connectivity index (χ1v) is 10.4. The second-order valence-electron chi connectivity index (χ2n) is 6.39. The fourth-order valence-corrected chi connectivity index (χ4v) is 4.59. The molecule has 2 fully saturated rings. The van der Waals surface area contributed by atoms with Gasteiger partial charge in [0.2, 0.25) is 16.0 Å². The van der Waals surface area contributed by atoms with Crippen LogP contribution in [0.4, 0.5) is 11.8 Å². The van der Waals surface area contributed by atoms with Crippen molar-refractivity contribution in [1.82, 2.24) is 19.3 Å². The number of piperazine rings is 1. The van der Waals surface area contributed by atoms with Crippen molar-refractivity contribution in [3.8, 4) is 0 Å². The van der Waals surface area contributed by atoms with Crippen LogP contribution < -0.4 is 9.80 Å². The van der Waals surface area contributed by atoms with E-state index < -0.39 is 10.0 Å². The number of rotatable bonds is 4. The van der Waals surface area contributed by atoms with Gasteiger partial charge in [-0.25, -0.2) is 23.4 Å². The van der Waals surface area contributed by atoms with E-state index in [1.54, 1.807) is 30.6 Å². The van der Waals surface area contributed by atoms with Crippen molar-refractivity contribution in [2.75, 3.05) is 62.3 Å². The molecule has 27 heavy (non-hydrogen) atoms. The summed E-state index contributed by atoms with van der Waals surface area (Å²) < 4.78 is 32.0. The van der Waals surface area contributed by atoms with Crippen LogP contribution in [0, 0.1) is 0 Å². The molecule has 0 aliphatic carbocycles. The number of nitrogens with zero attached hydrogens (tertiary/aromatic N) is 6. The van der Waals surface area contributed by atoms with E-state index in [2.05, 4.69) is 24.8 Å². The van der Waals surface area contributed by atoms with Gasteiger partial charge in [-0.1, -0.05) is 0 Å². The van der Waals surface area contributed by atoms with Gasteiger partial charge in [-0.15, -0.1) is 0 Å². The van der Waals surface area contributed by atoms with Crippen LogP contribution in [-0.4, -0.2) is 80.2 Å². The fourth-order valence-electron chi connectivity index (χ4n) is 3.24. The van der Waals surface area contributed by atoms with E-state index in [-0.39, 0.29) is 4.90 Å². The van der Waals surface area contributed by atoms with Gasteiger partial charge in [-0.05, 0) is 18.2 Å². The van der Waals surface area contributed by atoms with Crippen molar-refractivity contribution in [2.45, 2.75) is 4.90 Å². The van der Waals surface area contributed by atoms with E-state index in [1.165, 1.54) is 10.5 Å². The lowest BCUT2D eigenvalue weighted by atomic mass is 10.3. The van der Waals surface area contributed by atoms with Gasteiger partial charge in [-0.2, -0.15) is 4.31 Å². The lowest BCUT2D eigenvalue weighted by Gasteiger charge is -2.35. The molecule has 4 rings (SSSR count). The SMILES string of the molecule is O=S(=O)(c1ccc(N2CCN(c3ncccn3)CC2)nc1)N1CCOCC1. The Morgan fingerprint density at radius 1 is 0.852 bits per heavy atom. The number of hydrogen-bond acceptors (Lipinski definition) is 8. The Balaban J connectivity index is 1.41. The van der Waals surface area contributed by atoms with Gasteiger partial charge in [0.1, 0.15) is 10.7 Å². The first-order valence-electron chi connectivity index (χ1n) is 8.95. The molecule has 2 aliphatic rings. The van der Waals surface area contributed by atoms with E-state index in [1.807, 2.05) is 0 Å². The molecule has 0 radical (unpaired) electrons. The molecule has 2 saturated heterocycles. The monoisotopic (exact) mass is 390 g/mol. The zero-order valence-electron chi connectivity index (χ0n) is 14.9. The van der Waals surface area contributed by atoms with Crippen LogP contribution in [0.3, 0.4) is 0 Å². The third kappa shape index (κ3) is 3.87. The van der Waals surface area contributed by atoms with E-state index in [4.69, 9.17) is 4.74 Å². The summed E-state index contributed by atoms with van der Waals surface area (Å²) in [6, 6.07) is 5.22. The Morgan fingerprint density at radius 2 is 1.52 bits per heavy atom. The summed E-state index contributed by atoms with van der Waals surface area (Å²) in [5, 5.41) is 0. The van der Waals surface area contributed by atoms with Crippen LogP contribution in [0.15, 0.2) is 41.7 Å². The molecule has 9 nitrogen and oxygen atoms in total. The number of anilines is 2. The minimum Gasteiger partial charge on any atom is -0.379 e. The second-order valence-corrected chi connectivity index (χ2v) is 8.33. The van der Waals surface area contributed by atoms with Crippen LogP contribution in [0.2, 0.25) is 0 Å². The minimum absolute atomic E-state index is 0.226. The summed E-state index contributed by atoms with van der Waals surface area (Å²) in [6.45, 7) is 4.77. The first-order chi connectivity index (χ1) is 13.1. The van der Waals surface area contributed by atoms with Crippen LogP contribution in [0.1, 0.15) is 0 Å². The molecule has 0 saturated carbocycles. The number of pyridine rings is 1. The van der Waals surface area contributed by atoms with Gasteiger partial charge in [0.15, 0.2) is 0 Å². The van der Waals surface area contributed by atoms with Crippen molar-refractivity contribution < 1.29 is 13.2 Å². The van der Waals surface area contributed by atoms with Crippen molar-refractivity contribution in [1.29, 1.82) is 0 Å². The summed E-state index contributed by atoms with van der Waals surface area (Å²) in [7, 11) is -3.51. The Bertz CT molecular complexity index is 848. The molecule has 0 N–H and O–H groups in total. The highest BCUT2D eigenvalue weighted by Gasteiger charge is 2.27. The predicted octanol–water partition coefficient (Wildman–Crippen LogP) is 0.219. The second kappa shape index (κ2) is 7.75. The summed E-state index contributed by atoms with van der Waals surface area (Å²) in [6.07, 6.45) is 4.93. The molecule has 2 aromatic rings. The average molecular weight is 390 g/mol. The van der Waals surface area contributed by atoms with Gasteiger partial charge < -0.3 is 14.5 Å². The van der Waals surface area contributed by atoms with Crippen LogP contribution in [0.5, 0.6) is 0 Å². The maximum atomic E-state index is 12.7. The molecule has 2 aliphatic heterocycles. The minimum atomic E-state index is -3.51. The maximum absolute atomic E-state index is 12.7. The number of ether oxygens (including phenoxy) is 1. The Hall–Kier alpha value is -2.30. The highest BCUT2D eigenvalue weighted by Crippen LogP contribution is 2.20. The lowest BCUT2D eigenvalue weighted by Crippen LogP contribution is -2.47. The van der Waals surface area contributed by atoms with Gasteiger partial charge in [0.05, 0.1) is 13.2 Å². The number of morpholine rings is 1. The third-order valence-corrected chi connectivity index (χ3v) is 6.65. The quantitative estimate of drug-likeness (QED) is 0.732. The molecule has 0 bridgehead atoms. The molecule has 10 heteroatoms. The maximum Gasteiger partial charge on any atom is 0.244 e. The first kappa shape index (κ1) is 18.1. The normalized spacial score (nSPS) is 19.3. The van der Waals surface area contributed by atoms with E-state index in [0.717, 1.165) is 37.9 Å². The number of aromatic nitrogens is 3. The van der Waals surface area contributed by atoms with Gasteiger partial charge in [0, 0.05) is 57.9 Å². The summed E-state index contributed by atoms with van der Waals surface area (Å²) in [5.41, 5.74) is 0. The van der Waals surface area contributed by atoms with Crippen LogP contribution in [-0.2, 0) is 14.8 Å². The molecular weight excluding hydrogens is 368 g/mol. The predicted molar refractivity (Wildman–Crippen MR) is 100 cm³/mol. The number of hydrogen-bond donors (Lipinski definition) is 0. The molecule has 0 aromatic carbocycles. The highest BCUT2D eigenvalue weighted by molar-refractivity contribution is 7.89. The van der Waals surface area contributed by atoms with E-state index in [0.29, 0.717) is 26.3 Å². The van der Waals surface area contributed by atoms with Gasteiger partial charge in [0.25, 0.3) is 0 Å². The van der Waals surface area contributed by atoms with Gasteiger partial charge >= 0.3 is 0 Å².